The predicted octanol–water partition coefficient (Wildman–Crippen LogP) is 1.96. The first-order valence-corrected chi connectivity index (χ1v) is 4.30. The van der Waals surface area contributed by atoms with Gasteiger partial charge in [0.15, 0.2) is 5.69 Å². The minimum Gasteiger partial charge on any atom is -0.333 e. The van der Waals surface area contributed by atoms with Crippen molar-refractivity contribution in [1.82, 2.24) is 9.55 Å². The van der Waals surface area contributed by atoms with Crippen molar-refractivity contribution >= 4 is 0 Å². The molecule has 0 aliphatic carbocycles. The summed E-state index contributed by atoms with van der Waals surface area (Å²) in [5.74, 6) is 0. The van der Waals surface area contributed by atoms with Crippen LogP contribution in [0.4, 0.5) is 0 Å². The fourth-order valence-corrected chi connectivity index (χ4v) is 1.45. The van der Waals surface area contributed by atoms with Crippen LogP contribution in [0.15, 0.2) is 36.7 Å². The van der Waals surface area contributed by atoms with Crippen molar-refractivity contribution in [3.05, 3.63) is 42.4 Å². The predicted molar refractivity (Wildman–Crippen MR) is 53.4 cm³/mol. The van der Waals surface area contributed by atoms with Crippen LogP contribution in [0.5, 0.6) is 0 Å². The maximum absolute atomic E-state index is 8.87. The van der Waals surface area contributed by atoms with E-state index in [1.807, 2.05) is 41.9 Å². The van der Waals surface area contributed by atoms with Gasteiger partial charge in [0.1, 0.15) is 6.07 Å². The average molecular weight is 183 g/mol. The Hall–Kier alpha value is -2.08. The van der Waals surface area contributed by atoms with Gasteiger partial charge in [-0.3, -0.25) is 0 Å². The topological polar surface area (TPSA) is 41.6 Å². The Bertz CT molecular complexity index is 477. The Morgan fingerprint density at radius 3 is 2.64 bits per heavy atom. The summed E-state index contributed by atoms with van der Waals surface area (Å²) in [7, 11) is 1.89. The van der Waals surface area contributed by atoms with Crippen LogP contribution in [0, 0.1) is 11.3 Å². The van der Waals surface area contributed by atoms with E-state index in [2.05, 4.69) is 11.1 Å². The van der Waals surface area contributed by atoms with E-state index < -0.39 is 0 Å². The third-order valence-electron chi connectivity index (χ3n) is 2.09. The molecule has 0 unspecified atom stereocenters. The molecule has 1 heterocycles. The van der Waals surface area contributed by atoms with E-state index in [0.717, 1.165) is 11.3 Å². The van der Waals surface area contributed by atoms with Gasteiger partial charge in [-0.25, -0.2) is 4.98 Å². The fourth-order valence-electron chi connectivity index (χ4n) is 1.45. The van der Waals surface area contributed by atoms with Crippen molar-refractivity contribution in [2.24, 2.45) is 7.05 Å². The Labute approximate surface area is 82.2 Å². The molecule has 0 radical (unpaired) electrons. The third-order valence-corrected chi connectivity index (χ3v) is 2.09. The first-order valence-electron chi connectivity index (χ1n) is 4.30. The van der Waals surface area contributed by atoms with Gasteiger partial charge in [-0.2, -0.15) is 5.26 Å². The smallest absolute Gasteiger partial charge is 0.166 e. The summed E-state index contributed by atoms with van der Waals surface area (Å²) in [6, 6.07) is 11.9. The molecule has 0 atom stereocenters. The zero-order chi connectivity index (χ0) is 9.97. The largest absolute Gasteiger partial charge is 0.333 e. The molecule has 68 valence electrons. The maximum Gasteiger partial charge on any atom is 0.166 e. The summed E-state index contributed by atoms with van der Waals surface area (Å²) in [5, 5.41) is 8.87. The SMILES string of the molecule is Cn1cnc(C#N)c1-c1ccccc1. The molecular formula is C11H9N3. The van der Waals surface area contributed by atoms with Crippen molar-refractivity contribution in [3.63, 3.8) is 0 Å². The monoisotopic (exact) mass is 183 g/mol. The number of hydrogen-bond acceptors (Lipinski definition) is 2. The van der Waals surface area contributed by atoms with Crippen LogP contribution in [0.25, 0.3) is 11.3 Å². The van der Waals surface area contributed by atoms with Crippen molar-refractivity contribution < 1.29 is 0 Å². The number of rotatable bonds is 1. The van der Waals surface area contributed by atoms with Crippen LogP contribution >= 0.6 is 0 Å². The summed E-state index contributed by atoms with van der Waals surface area (Å²) in [6.07, 6.45) is 1.65. The number of nitriles is 1. The minimum absolute atomic E-state index is 0.471. The van der Waals surface area contributed by atoms with Crippen molar-refractivity contribution in [1.29, 1.82) is 5.26 Å². The van der Waals surface area contributed by atoms with Crippen LogP contribution in [0.2, 0.25) is 0 Å². The maximum atomic E-state index is 8.87. The van der Waals surface area contributed by atoms with E-state index >= 15 is 0 Å². The molecule has 14 heavy (non-hydrogen) atoms. The lowest BCUT2D eigenvalue weighted by Gasteiger charge is -2.01. The highest BCUT2D eigenvalue weighted by molar-refractivity contribution is 5.65. The molecule has 0 fully saturated rings. The highest BCUT2D eigenvalue weighted by Crippen LogP contribution is 2.21. The van der Waals surface area contributed by atoms with Crippen LogP contribution in [-0.2, 0) is 7.05 Å². The van der Waals surface area contributed by atoms with Crippen LogP contribution in [0.3, 0.4) is 0 Å². The Balaban J connectivity index is 2.63. The molecule has 3 nitrogen and oxygen atoms in total. The summed E-state index contributed by atoms with van der Waals surface area (Å²) >= 11 is 0. The van der Waals surface area contributed by atoms with E-state index in [0.29, 0.717) is 5.69 Å². The normalized spacial score (nSPS) is 9.71. The molecule has 3 heteroatoms. The van der Waals surface area contributed by atoms with Crippen LogP contribution < -0.4 is 0 Å². The van der Waals surface area contributed by atoms with Gasteiger partial charge in [0.2, 0.25) is 0 Å². The van der Waals surface area contributed by atoms with Crippen molar-refractivity contribution in [2.75, 3.05) is 0 Å². The highest BCUT2D eigenvalue weighted by Gasteiger charge is 2.09. The molecule has 0 aliphatic heterocycles. The van der Waals surface area contributed by atoms with Crippen LogP contribution in [-0.4, -0.2) is 9.55 Å². The Morgan fingerprint density at radius 1 is 1.29 bits per heavy atom. The average Bonchev–Trinajstić information content (AvgIpc) is 2.61. The Morgan fingerprint density at radius 2 is 2.00 bits per heavy atom. The van der Waals surface area contributed by atoms with Crippen LogP contribution in [0.1, 0.15) is 5.69 Å². The molecule has 0 bridgehead atoms. The zero-order valence-electron chi connectivity index (χ0n) is 7.81. The van der Waals surface area contributed by atoms with Gasteiger partial charge < -0.3 is 4.57 Å². The molecule has 0 N–H and O–H groups in total. The van der Waals surface area contributed by atoms with Gasteiger partial charge in [-0.05, 0) is 0 Å². The van der Waals surface area contributed by atoms with Gasteiger partial charge in [0.25, 0.3) is 0 Å². The van der Waals surface area contributed by atoms with E-state index in [-0.39, 0.29) is 0 Å². The van der Waals surface area contributed by atoms with Gasteiger partial charge in [-0.15, -0.1) is 0 Å². The second-order valence-corrected chi connectivity index (χ2v) is 3.03. The number of aryl methyl sites for hydroxylation is 1. The molecule has 2 rings (SSSR count). The van der Waals surface area contributed by atoms with E-state index in [1.165, 1.54) is 0 Å². The highest BCUT2D eigenvalue weighted by atomic mass is 15.0. The minimum atomic E-state index is 0.471. The van der Waals surface area contributed by atoms with E-state index in [9.17, 15) is 0 Å². The first kappa shape index (κ1) is 8.52. The second-order valence-electron chi connectivity index (χ2n) is 3.03. The van der Waals surface area contributed by atoms with Crippen molar-refractivity contribution in [3.8, 4) is 17.3 Å². The van der Waals surface area contributed by atoms with Gasteiger partial charge in [-0.1, -0.05) is 30.3 Å². The lowest BCUT2D eigenvalue weighted by atomic mass is 10.1. The molecular weight excluding hydrogens is 174 g/mol. The number of aromatic nitrogens is 2. The quantitative estimate of drug-likeness (QED) is 0.678. The molecule has 0 aliphatic rings. The molecule has 1 aromatic carbocycles. The van der Waals surface area contributed by atoms with Gasteiger partial charge in [0.05, 0.1) is 12.0 Å². The number of hydrogen-bond donors (Lipinski definition) is 0. The standard InChI is InChI=1S/C11H9N3/c1-14-8-13-10(7-12)11(14)9-5-3-2-4-6-9/h2-6,8H,1H3. The van der Waals surface area contributed by atoms with Crippen molar-refractivity contribution in [2.45, 2.75) is 0 Å². The summed E-state index contributed by atoms with van der Waals surface area (Å²) in [5.41, 5.74) is 2.36. The molecule has 0 spiro atoms. The summed E-state index contributed by atoms with van der Waals surface area (Å²) in [4.78, 5) is 4.01. The van der Waals surface area contributed by atoms with E-state index in [4.69, 9.17) is 5.26 Å². The second kappa shape index (κ2) is 3.35. The third kappa shape index (κ3) is 1.27. The van der Waals surface area contributed by atoms with E-state index in [1.54, 1.807) is 6.33 Å². The summed E-state index contributed by atoms with van der Waals surface area (Å²) in [6.45, 7) is 0. The number of nitrogens with zero attached hydrogens (tertiary/aromatic N) is 3. The van der Waals surface area contributed by atoms with Gasteiger partial charge >= 0.3 is 0 Å². The lowest BCUT2D eigenvalue weighted by Crippen LogP contribution is -1.90. The Kier molecular flexibility index (Phi) is 2.04. The lowest BCUT2D eigenvalue weighted by molar-refractivity contribution is 0.921. The summed E-state index contributed by atoms with van der Waals surface area (Å²) < 4.78 is 1.86. The number of imidazole rings is 1. The molecule has 1 aromatic heterocycles. The first-order chi connectivity index (χ1) is 6.83. The number of benzene rings is 1. The zero-order valence-corrected chi connectivity index (χ0v) is 7.81. The molecule has 2 aromatic rings. The molecule has 0 saturated heterocycles. The molecule has 0 saturated carbocycles. The molecule has 0 amide bonds. The fraction of sp³-hybridized carbons (Fsp3) is 0.0909. The van der Waals surface area contributed by atoms with Gasteiger partial charge in [0, 0.05) is 12.6 Å².